The molecule has 5 rings (SSSR count). The fraction of sp³-hybridized carbons (Fsp3) is 0.596. The van der Waals surface area contributed by atoms with Gasteiger partial charge in [-0.3, -0.25) is 29.3 Å². The molecule has 3 heterocycles. The van der Waals surface area contributed by atoms with E-state index in [0.29, 0.717) is 42.9 Å². The summed E-state index contributed by atoms with van der Waals surface area (Å²) in [5, 5.41) is 46.1. The summed E-state index contributed by atoms with van der Waals surface area (Å²) in [7, 11) is 4.56. The van der Waals surface area contributed by atoms with Gasteiger partial charge in [0.25, 0.3) is 5.91 Å². The van der Waals surface area contributed by atoms with Crippen LogP contribution in [0.3, 0.4) is 0 Å². The monoisotopic (exact) mass is 832 g/mol. The lowest BCUT2D eigenvalue weighted by molar-refractivity contribution is -0.156. The zero-order valence-corrected chi connectivity index (χ0v) is 37.2. The van der Waals surface area contributed by atoms with Crippen molar-refractivity contribution < 1.29 is 44.3 Å². The van der Waals surface area contributed by atoms with Crippen LogP contribution < -0.4 is 20.8 Å². The van der Waals surface area contributed by atoms with E-state index in [1.165, 1.54) is 14.0 Å². The van der Waals surface area contributed by atoms with Crippen molar-refractivity contribution in [2.24, 2.45) is 33.7 Å². The van der Waals surface area contributed by atoms with Gasteiger partial charge in [0.15, 0.2) is 11.5 Å². The minimum atomic E-state index is -0.754. The van der Waals surface area contributed by atoms with Gasteiger partial charge >= 0.3 is 5.97 Å². The highest BCUT2D eigenvalue weighted by atomic mass is 16.5. The van der Waals surface area contributed by atoms with E-state index in [-0.39, 0.29) is 86.4 Å². The van der Waals surface area contributed by atoms with Crippen LogP contribution in [-0.4, -0.2) is 102 Å². The predicted molar refractivity (Wildman–Crippen MR) is 234 cm³/mol. The number of nitrogens with one attached hydrogen (secondary N) is 1. The molecular formula is C47H68N4O9. The van der Waals surface area contributed by atoms with E-state index >= 15 is 0 Å². The zero-order chi connectivity index (χ0) is 44.4. The first-order valence-corrected chi connectivity index (χ1v) is 21.4. The zero-order valence-electron chi connectivity index (χ0n) is 37.2. The molecular weight excluding hydrogens is 765 g/mol. The maximum absolute atomic E-state index is 14.5. The smallest absolute Gasteiger partial charge is 0.302 e. The van der Waals surface area contributed by atoms with Gasteiger partial charge in [-0.1, -0.05) is 64.5 Å². The molecule has 0 aromatic heterocycles. The third kappa shape index (κ3) is 10.8. The third-order valence-electron chi connectivity index (χ3n) is 12.6. The van der Waals surface area contributed by atoms with Crippen LogP contribution in [0.4, 0.5) is 5.69 Å². The summed E-state index contributed by atoms with van der Waals surface area (Å²) in [6, 6.07) is 0.504. The largest absolute Gasteiger partial charge is 0.507 e. The second kappa shape index (κ2) is 21.8. The summed E-state index contributed by atoms with van der Waals surface area (Å²) in [5.74, 6) is -2.42. The van der Waals surface area contributed by atoms with Crippen molar-refractivity contribution >= 4 is 34.1 Å². The second-order valence-corrected chi connectivity index (χ2v) is 16.9. The molecule has 5 N–H and O–H groups in total. The van der Waals surface area contributed by atoms with Crippen LogP contribution in [0.1, 0.15) is 109 Å². The molecule has 0 spiro atoms. The summed E-state index contributed by atoms with van der Waals surface area (Å²) in [4.78, 5) is 53.3. The Kier molecular flexibility index (Phi) is 17.5. The molecule has 330 valence electrons. The van der Waals surface area contributed by atoms with E-state index in [9.17, 15) is 29.7 Å². The Hall–Kier alpha value is -4.59. The number of piperidine rings is 1. The quantitative estimate of drug-likeness (QED) is 0.131. The van der Waals surface area contributed by atoms with Gasteiger partial charge in [-0.15, -0.1) is 0 Å². The molecule has 1 amide bonds. The first-order valence-electron chi connectivity index (χ1n) is 21.4. The Morgan fingerprint density at radius 2 is 1.60 bits per heavy atom. The highest BCUT2D eigenvalue weighted by molar-refractivity contribution is 6.16. The fourth-order valence-electron chi connectivity index (χ4n) is 9.17. The molecule has 2 aromatic rings. The average molecular weight is 833 g/mol. The molecule has 3 aliphatic heterocycles. The number of aliphatic hydroxyl groups is 2. The number of amides is 1. The molecule has 4 bridgehead atoms. The van der Waals surface area contributed by atoms with Crippen molar-refractivity contribution in [2.45, 2.75) is 124 Å². The lowest BCUT2D eigenvalue weighted by Crippen LogP contribution is -2.45. The topological polar surface area (TPSA) is 191 Å². The SMILES string of the molecule is CO.COc1c(C)c(O)c2c(O)c3c4c(c2c1C(=O)C/C=C/C[C@@H](C)[C@@H](OC(C)=O)[C@H](C)[C@H](O)[C@H](C)C[C@@H](C)/C=C/C=C(/C)C(=O)N3)=NCCC[C@H]1CCC[C@@H](CN=4)N1C. The van der Waals surface area contributed by atoms with Crippen molar-refractivity contribution in [3.05, 3.63) is 57.8 Å². The predicted octanol–water partition coefficient (Wildman–Crippen LogP) is 6.26. The number of Topliss-reactive ketones (excluding diaryl/α,β-unsaturated/α-hetero) is 1. The van der Waals surface area contributed by atoms with Crippen LogP contribution in [0.15, 0.2) is 45.9 Å². The van der Waals surface area contributed by atoms with E-state index in [1.807, 2.05) is 45.9 Å². The van der Waals surface area contributed by atoms with Crippen LogP contribution in [-0.2, 0) is 14.3 Å². The van der Waals surface area contributed by atoms with Crippen LogP contribution in [0, 0.1) is 30.6 Å². The normalized spacial score (nSPS) is 29.5. The van der Waals surface area contributed by atoms with Gasteiger partial charge in [0.05, 0.1) is 36.1 Å². The Morgan fingerprint density at radius 1 is 0.917 bits per heavy atom. The van der Waals surface area contributed by atoms with Crippen LogP contribution in [0.5, 0.6) is 17.2 Å². The summed E-state index contributed by atoms with van der Waals surface area (Å²) < 4.78 is 11.7. The van der Waals surface area contributed by atoms with Gasteiger partial charge in [0.2, 0.25) is 0 Å². The third-order valence-corrected chi connectivity index (χ3v) is 12.6. The number of benzene rings is 2. The average Bonchev–Trinajstić information content (AvgIpc) is 3.23. The number of phenols is 2. The number of rotatable bonds is 2. The van der Waals surface area contributed by atoms with Gasteiger partial charge in [-0.2, -0.15) is 0 Å². The molecule has 0 aliphatic carbocycles. The van der Waals surface area contributed by atoms with Gasteiger partial charge < -0.3 is 35.2 Å². The number of carbonyl (C=O) groups excluding carboxylic acids is 3. The standard InChI is InChI=1S/C46H64N4O8.CH4O/c1-25-15-12-17-27(3)46(56)49-40-39-38(47-22-14-20-32-18-13-19-33(24-48-39)50(32)8)36-35(45(57-9)30(6)42(54)37(36)43(40)55)34(52)21-11-10-16-26(2)44(58-31(7)51)29(5)41(53)28(4)23-25;1-2/h10-12,15,17,25-26,28-29,32-33,41,44,53-55H,13-14,16,18-24H2,1-9H3,(H,49,56);2H,1H3/b11-10+,15-12+,27-17-,47-38?,48-39?;/t25-,26+,28+,29+,32+,33-,41+,44+;/m0./s1. The number of hydrogen-bond donors (Lipinski definition) is 5. The Bertz CT molecular complexity index is 2090. The molecule has 1 fully saturated rings. The van der Waals surface area contributed by atoms with Crippen molar-refractivity contribution in [3.8, 4) is 17.2 Å². The number of esters is 1. The Balaban J connectivity index is 0.00000391. The fourth-order valence-corrected chi connectivity index (χ4v) is 9.17. The molecule has 13 nitrogen and oxygen atoms in total. The van der Waals surface area contributed by atoms with Gasteiger partial charge in [0, 0.05) is 61.5 Å². The number of allylic oxidation sites excluding steroid dienone is 5. The molecule has 60 heavy (non-hydrogen) atoms. The number of nitrogens with zero attached hydrogens (tertiary/aromatic N) is 3. The molecule has 3 aliphatic rings. The molecule has 0 unspecified atom stereocenters. The van der Waals surface area contributed by atoms with E-state index in [1.54, 1.807) is 26.0 Å². The van der Waals surface area contributed by atoms with Crippen LogP contribution in [0.25, 0.3) is 10.8 Å². The van der Waals surface area contributed by atoms with Gasteiger partial charge in [0.1, 0.15) is 28.6 Å². The van der Waals surface area contributed by atoms with Crippen LogP contribution >= 0.6 is 0 Å². The molecule has 8 atom stereocenters. The summed E-state index contributed by atoms with van der Waals surface area (Å²) in [5.41, 5.74) is 0.771. The van der Waals surface area contributed by atoms with Crippen LogP contribution in [0.2, 0.25) is 0 Å². The molecule has 0 saturated carbocycles. The number of carbonyl (C=O) groups is 3. The van der Waals surface area contributed by atoms with E-state index in [0.717, 1.165) is 39.2 Å². The van der Waals surface area contributed by atoms with Gasteiger partial charge in [-0.25, -0.2) is 0 Å². The van der Waals surface area contributed by atoms with Gasteiger partial charge in [-0.05, 0) is 77.2 Å². The Morgan fingerprint density at radius 3 is 2.28 bits per heavy atom. The van der Waals surface area contributed by atoms with E-state index in [2.05, 4.69) is 17.3 Å². The van der Waals surface area contributed by atoms with E-state index in [4.69, 9.17) is 24.6 Å². The summed E-state index contributed by atoms with van der Waals surface area (Å²) in [6.07, 6.45) is 13.6. The molecule has 2 aromatic carbocycles. The van der Waals surface area contributed by atoms with E-state index < -0.39 is 29.8 Å². The molecule has 1 saturated heterocycles. The van der Waals surface area contributed by atoms with Crippen molar-refractivity contribution in [1.29, 1.82) is 0 Å². The maximum atomic E-state index is 14.5. The number of likely N-dealkylation sites (N-methyl/N-ethyl adjacent to an activating group) is 1. The number of aromatic hydroxyl groups is 2. The second-order valence-electron chi connectivity index (χ2n) is 16.9. The number of ketones is 1. The van der Waals surface area contributed by atoms with Crippen molar-refractivity contribution in [3.63, 3.8) is 0 Å². The van der Waals surface area contributed by atoms with Crippen molar-refractivity contribution in [1.82, 2.24) is 4.90 Å². The number of hydrogen-bond acceptors (Lipinski definition) is 12. The highest BCUT2D eigenvalue weighted by Gasteiger charge is 2.35. The summed E-state index contributed by atoms with van der Waals surface area (Å²) >= 11 is 0. The minimum absolute atomic E-state index is 0.0143. The summed E-state index contributed by atoms with van der Waals surface area (Å²) in [6.45, 7) is 13.3. The number of fused-ring (bicyclic) bond motifs is 2. The first kappa shape index (κ1) is 48.1. The minimum Gasteiger partial charge on any atom is -0.507 e. The number of aliphatic hydroxyl groups excluding tert-OH is 2. The highest BCUT2D eigenvalue weighted by Crippen LogP contribution is 2.44. The lowest BCUT2D eigenvalue weighted by atomic mass is 9.80. The molecule has 0 radical (unpaired) electrons. The molecule has 13 heteroatoms. The number of ether oxygens (including phenoxy) is 2. The van der Waals surface area contributed by atoms with Crippen molar-refractivity contribution in [2.75, 3.05) is 39.7 Å². The number of phenolic OH excluding ortho intramolecular Hbond substituents is 2. The number of methoxy groups -OCH3 is 1. The Labute approximate surface area is 355 Å². The lowest BCUT2D eigenvalue weighted by Gasteiger charge is -2.39. The first-order chi connectivity index (χ1) is 28.6. The number of anilines is 1. The maximum Gasteiger partial charge on any atom is 0.302 e.